The van der Waals surface area contributed by atoms with Crippen LogP contribution in [0.3, 0.4) is 0 Å². The van der Waals surface area contributed by atoms with Crippen LogP contribution in [0.5, 0.6) is 0 Å². The first kappa shape index (κ1) is 13.6. The van der Waals surface area contributed by atoms with Crippen molar-refractivity contribution >= 4 is 0 Å². The fourth-order valence-electron chi connectivity index (χ4n) is 3.03. The van der Waals surface area contributed by atoms with E-state index in [9.17, 15) is 0 Å². The Labute approximate surface area is 112 Å². The van der Waals surface area contributed by atoms with Crippen LogP contribution in [-0.2, 0) is 0 Å². The van der Waals surface area contributed by atoms with E-state index in [0.29, 0.717) is 11.5 Å². The van der Waals surface area contributed by atoms with E-state index < -0.39 is 0 Å². The van der Waals surface area contributed by atoms with Gasteiger partial charge in [0.2, 0.25) is 0 Å². The molecule has 100 valence electrons. The van der Waals surface area contributed by atoms with Gasteiger partial charge in [0.15, 0.2) is 0 Å². The summed E-state index contributed by atoms with van der Waals surface area (Å²) in [6.07, 6.45) is 1.31. The molecule has 0 radical (unpaired) electrons. The summed E-state index contributed by atoms with van der Waals surface area (Å²) in [6.45, 7) is 14.0. The van der Waals surface area contributed by atoms with Gasteiger partial charge in [-0.15, -0.1) is 0 Å². The van der Waals surface area contributed by atoms with Gasteiger partial charge in [0.05, 0.1) is 0 Å². The molecule has 0 bridgehead atoms. The zero-order valence-electron chi connectivity index (χ0n) is 12.5. The second-order valence-corrected chi connectivity index (χ2v) is 6.89. The van der Waals surface area contributed by atoms with Crippen molar-refractivity contribution in [1.29, 1.82) is 0 Å². The second kappa shape index (κ2) is 5.05. The van der Waals surface area contributed by atoms with E-state index >= 15 is 0 Å². The lowest BCUT2D eigenvalue weighted by Gasteiger charge is -2.32. The van der Waals surface area contributed by atoms with Crippen molar-refractivity contribution in [3.05, 3.63) is 35.4 Å². The average Bonchev–Trinajstić information content (AvgIpc) is 2.77. The molecule has 1 heterocycles. The first-order valence-electron chi connectivity index (χ1n) is 7.23. The molecule has 0 aromatic heterocycles. The van der Waals surface area contributed by atoms with E-state index in [-0.39, 0.29) is 0 Å². The summed E-state index contributed by atoms with van der Waals surface area (Å²) < 4.78 is 0. The fourth-order valence-corrected chi connectivity index (χ4v) is 3.03. The maximum Gasteiger partial charge on any atom is 0.0125 e. The van der Waals surface area contributed by atoms with E-state index in [1.54, 1.807) is 11.1 Å². The van der Waals surface area contributed by atoms with Crippen molar-refractivity contribution in [1.82, 2.24) is 4.90 Å². The number of hydrogen-bond donors (Lipinski definition) is 0. The van der Waals surface area contributed by atoms with Gasteiger partial charge in [-0.2, -0.15) is 0 Å². The highest BCUT2D eigenvalue weighted by atomic mass is 15.2. The van der Waals surface area contributed by atoms with Crippen LogP contribution in [-0.4, -0.2) is 23.5 Å². The van der Waals surface area contributed by atoms with Gasteiger partial charge in [0, 0.05) is 12.1 Å². The summed E-state index contributed by atoms with van der Waals surface area (Å²) in [7, 11) is 0. The van der Waals surface area contributed by atoms with Crippen molar-refractivity contribution in [2.75, 3.05) is 13.1 Å². The molecule has 2 rings (SSSR count). The Balaban J connectivity index is 2.19. The minimum absolute atomic E-state index is 0.307. The Hall–Kier alpha value is -0.820. The summed E-state index contributed by atoms with van der Waals surface area (Å²) >= 11 is 0. The quantitative estimate of drug-likeness (QED) is 0.746. The number of benzene rings is 1. The van der Waals surface area contributed by atoms with E-state index in [1.165, 1.54) is 19.5 Å². The Morgan fingerprint density at radius 1 is 1.17 bits per heavy atom. The van der Waals surface area contributed by atoms with Gasteiger partial charge in [-0.05, 0) is 56.7 Å². The summed E-state index contributed by atoms with van der Waals surface area (Å²) in [6, 6.07) is 9.02. The number of nitrogens with zero attached hydrogens (tertiary/aromatic N) is 1. The van der Waals surface area contributed by atoms with E-state index in [0.717, 1.165) is 5.92 Å². The van der Waals surface area contributed by atoms with Gasteiger partial charge < -0.3 is 0 Å². The monoisotopic (exact) mass is 245 g/mol. The molecule has 0 aliphatic carbocycles. The lowest BCUT2D eigenvalue weighted by molar-refractivity contribution is 0.173. The minimum atomic E-state index is 0.307. The van der Waals surface area contributed by atoms with Crippen LogP contribution in [0, 0.1) is 0 Å². The smallest absolute Gasteiger partial charge is 0.0125 e. The fraction of sp³-hybridized carbons (Fsp3) is 0.647. The van der Waals surface area contributed by atoms with Crippen LogP contribution in [0.4, 0.5) is 0 Å². The standard InChI is InChI=1S/C17H27N/c1-13(2)15-8-6-7-9-16(15)14-10-11-18(12-14)17(3,4)5/h6-9,13-14H,10-12H2,1-5H3. The molecule has 1 atom stereocenters. The first-order valence-corrected chi connectivity index (χ1v) is 7.23. The van der Waals surface area contributed by atoms with Gasteiger partial charge in [-0.1, -0.05) is 38.1 Å². The first-order chi connectivity index (χ1) is 8.39. The van der Waals surface area contributed by atoms with Crippen LogP contribution in [0.25, 0.3) is 0 Å². The van der Waals surface area contributed by atoms with Gasteiger partial charge in [0.25, 0.3) is 0 Å². The van der Waals surface area contributed by atoms with Crippen molar-refractivity contribution in [2.45, 2.75) is 58.4 Å². The highest BCUT2D eigenvalue weighted by molar-refractivity contribution is 5.33. The van der Waals surface area contributed by atoms with Crippen molar-refractivity contribution in [2.24, 2.45) is 0 Å². The van der Waals surface area contributed by atoms with Crippen molar-refractivity contribution < 1.29 is 0 Å². The molecule has 1 aliphatic rings. The normalized spacial score (nSPS) is 21.8. The van der Waals surface area contributed by atoms with E-state index in [1.807, 2.05) is 0 Å². The number of rotatable bonds is 2. The van der Waals surface area contributed by atoms with Crippen molar-refractivity contribution in [3.8, 4) is 0 Å². The maximum atomic E-state index is 2.62. The largest absolute Gasteiger partial charge is 0.298 e. The van der Waals surface area contributed by atoms with E-state index in [4.69, 9.17) is 0 Å². The van der Waals surface area contributed by atoms with Gasteiger partial charge >= 0.3 is 0 Å². The average molecular weight is 245 g/mol. The third-order valence-electron chi connectivity index (χ3n) is 4.19. The third kappa shape index (κ3) is 2.77. The predicted molar refractivity (Wildman–Crippen MR) is 79.2 cm³/mol. The highest BCUT2D eigenvalue weighted by Crippen LogP contribution is 2.35. The number of likely N-dealkylation sites (tertiary alicyclic amines) is 1. The van der Waals surface area contributed by atoms with Gasteiger partial charge in [0.1, 0.15) is 0 Å². The van der Waals surface area contributed by atoms with Crippen LogP contribution in [0.1, 0.15) is 64.0 Å². The Kier molecular flexibility index (Phi) is 3.82. The lowest BCUT2D eigenvalue weighted by atomic mass is 9.88. The molecule has 0 saturated carbocycles. The highest BCUT2D eigenvalue weighted by Gasteiger charge is 2.31. The molecule has 1 aliphatic heterocycles. The Morgan fingerprint density at radius 3 is 2.39 bits per heavy atom. The lowest BCUT2D eigenvalue weighted by Crippen LogP contribution is -2.39. The molecule has 1 aromatic carbocycles. The molecule has 1 unspecified atom stereocenters. The molecule has 1 saturated heterocycles. The molecule has 1 heteroatoms. The van der Waals surface area contributed by atoms with Crippen LogP contribution < -0.4 is 0 Å². The molecule has 1 aromatic rings. The molecule has 1 fully saturated rings. The Bertz CT molecular complexity index is 400. The molecule has 18 heavy (non-hydrogen) atoms. The van der Waals surface area contributed by atoms with E-state index in [2.05, 4.69) is 63.8 Å². The van der Waals surface area contributed by atoms with Crippen LogP contribution >= 0.6 is 0 Å². The molecular weight excluding hydrogens is 218 g/mol. The molecule has 0 N–H and O–H groups in total. The Morgan fingerprint density at radius 2 is 1.83 bits per heavy atom. The predicted octanol–water partition coefficient (Wildman–Crippen LogP) is 4.40. The van der Waals surface area contributed by atoms with Gasteiger partial charge in [-0.3, -0.25) is 4.90 Å². The van der Waals surface area contributed by atoms with Crippen molar-refractivity contribution in [3.63, 3.8) is 0 Å². The van der Waals surface area contributed by atoms with Crippen LogP contribution in [0.15, 0.2) is 24.3 Å². The summed E-state index contributed by atoms with van der Waals surface area (Å²) in [4.78, 5) is 2.62. The molecular formula is C17H27N. The maximum absolute atomic E-state index is 2.62. The third-order valence-corrected chi connectivity index (χ3v) is 4.19. The molecule has 1 nitrogen and oxygen atoms in total. The summed E-state index contributed by atoms with van der Waals surface area (Å²) in [5, 5.41) is 0. The van der Waals surface area contributed by atoms with Crippen LogP contribution in [0.2, 0.25) is 0 Å². The number of hydrogen-bond acceptors (Lipinski definition) is 1. The minimum Gasteiger partial charge on any atom is -0.298 e. The summed E-state index contributed by atoms with van der Waals surface area (Å²) in [5.74, 6) is 1.35. The second-order valence-electron chi connectivity index (χ2n) is 6.89. The zero-order chi connectivity index (χ0) is 13.3. The zero-order valence-corrected chi connectivity index (χ0v) is 12.5. The topological polar surface area (TPSA) is 3.24 Å². The summed E-state index contributed by atoms with van der Waals surface area (Å²) in [5.41, 5.74) is 3.43. The molecule has 0 amide bonds. The van der Waals surface area contributed by atoms with Gasteiger partial charge in [-0.25, -0.2) is 0 Å². The SMILES string of the molecule is CC(C)c1ccccc1C1CCN(C(C)(C)C)C1. The molecule has 0 spiro atoms.